The van der Waals surface area contributed by atoms with Crippen molar-refractivity contribution in [3.05, 3.63) is 54.2 Å². The van der Waals surface area contributed by atoms with Crippen molar-refractivity contribution in [2.45, 2.75) is 37.8 Å². The average Bonchev–Trinajstić information content (AvgIpc) is 3.24. The summed E-state index contributed by atoms with van der Waals surface area (Å²) in [5, 5.41) is 8.16. The normalized spacial score (nSPS) is 20.7. The van der Waals surface area contributed by atoms with E-state index in [1.807, 2.05) is 28.6 Å². The lowest BCUT2D eigenvalue weighted by atomic mass is 9.90. The van der Waals surface area contributed by atoms with Crippen LogP contribution < -0.4 is 5.32 Å². The maximum Gasteiger partial charge on any atom is 0.253 e. The summed E-state index contributed by atoms with van der Waals surface area (Å²) in [6.07, 6.45) is 9.63. The van der Waals surface area contributed by atoms with E-state index in [1.54, 1.807) is 18.5 Å². The fourth-order valence-corrected chi connectivity index (χ4v) is 3.86. The Kier molecular flexibility index (Phi) is 4.03. The molecule has 5 nitrogen and oxygen atoms in total. The Morgan fingerprint density at radius 1 is 1.32 bits per heavy atom. The molecule has 4 rings (SSSR count). The summed E-state index contributed by atoms with van der Waals surface area (Å²) in [4.78, 5) is 12.9. The molecule has 25 heavy (non-hydrogen) atoms. The lowest BCUT2D eigenvalue weighted by Gasteiger charge is -2.32. The lowest BCUT2D eigenvalue weighted by molar-refractivity contribution is 0.0906. The monoisotopic (exact) mass is 340 g/mol. The number of fused-ring (bicyclic) bond motifs is 1. The number of carbonyl (C=O) groups is 1. The number of nitrogens with one attached hydrogen (secondary N) is 1. The van der Waals surface area contributed by atoms with E-state index >= 15 is 0 Å². The zero-order valence-corrected chi connectivity index (χ0v) is 14.2. The van der Waals surface area contributed by atoms with Crippen molar-refractivity contribution >= 4 is 16.8 Å². The first-order chi connectivity index (χ1) is 12.1. The zero-order valence-electron chi connectivity index (χ0n) is 14.2. The van der Waals surface area contributed by atoms with Crippen LogP contribution in [0.3, 0.4) is 0 Å². The van der Waals surface area contributed by atoms with Gasteiger partial charge in [-0.25, -0.2) is 4.39 Å². The third-order valence-electron chi connectivity index (χ3n) is 5.11. The molecule has 1 saturated carbocycles. The number of carbonyl (C=O) groups excluding carboxylic acids is 1. The standard InChI is InChI=1S/C19H21FN4O/c1-23-12-15(14-11-13(20)7-8-17(14)23)19(25)22-16-5-2-3-6-18(16)24-10-4-9-21-24/h4,7-12,16,18H,2-3,5-6H2,1H3,(H,22,25). The van der Waals surface area contributed by atoms with Gasteiger partial charge in [0, 0.05) is 36.5 Å². The summed E-state index contributed by atoms with van der Waals surface area (Å²) in [6.45, 7) is 0. The minimum absolute atomic E-state index is 0.0324. The van der Waals surface area contributed by atoms with Gasteiger partial charge in [0.1, 0.15) is 5.82 Å². The smallest absolute Gasteiger partial charge is 0.253 e. The minimum Gasteiger partial charge on any atom is -0.350 e. The van der Waals surface area contributed by atoms with Crippen LogP contribution in [0.15, 0.2) is 42.9 Å². The van der Waals surface area contributed by atoms with Crippen molar-refractivity contribution in [3.63, 3.8) is 0 Å². The maximum absolute atomic E-state index is 13.6. The van der Waals surface area contributed by atoms with Gasteiger partial charge in [0.05, 0.1) is 17.6 Å². The molecule has 1 aliphatic carbocycles. The van der Waals surface area contributed by atoms with E-state index < -0.39 is 0 Å². The van der Waals surface area contributed by atoms with Gasteiger partial charge in [0.2, 0.25) is 0 Å². The number of amides is 1. The van der Waals surface area contributed by atoms with Crippen LogP contribution in [0.1, 0.15) is 42.1 Å². The van der Waals surface area contributed by atoms with Crippen LogP contribution in [-0.2, 0) is 7.05 Å². The Morgan fingerprint density at radius 2 is 2.16 bits per heavy atom. The van der Waals surface area contributed by atoms with E-state index in [2.05, 4.69) is 10.4 Å². The zero-order chi connectivity index (χ0) is 17.4. The van der Waals surface area contributed by atoms with Gasteiger partial charge < -0.3 is 9.88 Å². The molecule has 0 saturated heterocycles. The highest BCUT2D eigenvalue weighted by atomic mass is 19.1. The van der Waals surface area contributed by atoms with E-state index in [0.29, 0.717) is 10.9 Å². The lowest BCUT2D eigenvalue weighted by Crippen LogP contribution is -2.43. The molecule has 1 fully saturated rings. The Bertz CT molecular complexity index is 900. The van der Waals surface area contributed by atoms with Crippen LogP contribution in [0, 0.1) is 5.82 Å². The molecular formula is C19H21FN4O. The van der Waals surface area contributed by atoms with E-state index in [9.17, 15) is 9.18 Å². The van der Waals surface area contributed by atoms with Crippen LogP contribution >= 0.6 is 0 Å². The van der Waals surface area contributed by atoms with Gasteiger partial charge in [-0.2, -0.15) is 5.10 Å². The molecule has 1 aliphatic rings. The Labute approximate surface area is 145 Å². The quantitative estimate of drug-likeness (QED) is 0.794. The summed E-state index contributed by atoms with van der Waals surface area (Å²) in [5.74, 6) is -0.486. The van der Waals surface area contributed by atoms with Gasteiger partial charge in [-0.3, -0.25) is 9.48 Å². The molecule has 1 N–H and O–H groups in total. The van der Waals surface area contributed by atoms with Gasteiger partial charge in [-0.05, 0) is 37.1 Å². The molecule has 2 aromatic heterocycles. The highest BCUT2D eigenvalue weighted by Gasteiger charge is 2.29. The van der Waals surface area contributed by atoms with E-state index in [1.165, 1.54) is 12.1 Å². The molecule has 3 aromatic rings. The van der Waals surface area contributed by atoms with Crippen LogP contribution in [0.4, 0.5) is 4.39 Å². The molecule has 1 aromatic carbocycles. The summed E-state index contributed by atoms with van der Waals surface area (Å²) in [5.41, 5.74) is 1.36. The molecule has 2 atom stereocenters. The number of benzene rings is 1. The maximum atomic E-state index is 13.6. The largest absolute Gasteiger partial charge is 0.350 e. The molecule has 0 spiro atoms. The first-order valence-electron chi connectivity index (χ1n) is 8.68. The van der Waals surface area contributed by atoms with Crippen molar-refractivity contribution in [1.29, 1.82) is 0 Å². The molecular weight excluding hydrogens is 319 g/mol. The predicted molar refractivity (Wildman–Crippen MR) is 93.9 cm³/mol. The second-order valence-corrected chi connectivity index (χ2v) is 6.73. The molecule has 0 radical (unpaired) electrons. The minimum atomic E-state index is -0.333. The predicted octanol–water partition coefficient (Wildman–Crippen LogP) is 3.43. The molecule has 130 valence electrons. The third-order valence-corrected chi connectivity index (χ3v) is 5.11. The van der Waals surface area contributed by atoms with E-state index in [4.69, 9.17) is 0 Å². The second-order valence-electron chi connectivity index (χ2n) is 6.73. The number of aromatic nitrogens is 3. The summed E-state index contributed by atoms with van der Waals surface area (Å²) >= 11 is 0. The average molecular weight is 340 g/mol. The van der Waals surface area contributed by atoms with Crippen LogP contribution in [0.5, 0.6) is 0 Å². The van der Waals surface area contributed by atoms with Crippen molar-refractivity contribution < 1.29 is 9.18 Å². The molecule has 2 unspecified atom stereocenters. The van der Waals surface area contributed by atoms with Gasteiger partial charge in [0.25, 0.3) is 5.91 Å². The summed E-state index contributed by atoms with van der Waals surface area (Å²) < 4.78 is 17.4. The molecule has 6 heteroatoms. The fraction of sp³-hybridized carbons (Fsp3) is 0.368. The first kappa shape index (κ1) is 15.9. The number of aryl methyl sites for hydroxylation is 1. The highest BCUT2D eigenvalue weighted by molar-refractivity contribution is 6.07. The first-order valence-corrected chi connectivity index (χ1v) is 8.68. The number of nitrogens with zero attached hydrogens (tertiary/aromatic N) is 3. The number of halogens is 1. The van der Waals surface area contributed by atoms with E-state index in [0.717, 1.165) is 31.2 Å². The molecule has 0 aliphatic heterocycles. The third kappa shape index (κ3) is 2.92. The van der Waals surface area contributed by atoms with Crippen LogP contribution in [-0.4, -0.2) is 26.3 Å². The van der Waals surface area contributed by atoms with Gasteiger partial charge in [0.15, 0.2) is 0 Å². The number of hydrogen-bond donors (Lipinski definition) is 1. The number of hydrogen-bond acceptors (Lipinski definition) is 2. The molecule has 1 amide bonds. The summed E-state index contributed by atoms with van der Waals surface area (Å²) in [6, 6.07) is 6.65. The molecule has 0 bridgehead atoms. The van der Waals surface area contributed by atoms with Crippen molar-refractivity contribution in [2.75, 3.05) is 0 Å². The van der Waals surface area contributed by atoms with Crippen molar-refractivity contribution in [1.82, 2.24) is 19.7 Å². The van der Waals surface area contributed by atoms with Gasteiger partial charge in [-0.15, -0.1) is 0 Å². The Balaban J connectivity index is 1.62. The SMILES string of the molecule is Cn1cc(C(=O)NC2CCCCC2n2cccn2)c2cc(F)ccc21. The topological polar surface area (TPSA) is 51.9 Å². The van der Waals surface area contributed by atoms with Crippen LogP contribution in [0.25, 0.3) is 10.9 Å². The Hall–Kier alpha value is -2.63. The van der Waals surface area contributed by atoms with Crippen molar-refractivity contribution in [2.24, 2.45) is 7.05 Å². The fourth-order valence-electron chi connectivity index (χ4n) is 3.86. The highest BCUT2D eigenvalue weighted by Crippen LogP contribution is 2.29. The van der Waals surface area contributed by atoms with Crippen molar-refractivity contribution in [3.8, 4) is 0 Å². The van der Waals surface area contributed by atoms with Gasteiger partial charge in [-0.1, -0.05) is 12.8 Å². The molecule has 2 heterocycles. The van der Waals surface area contributed by atoms with Gasteiger partial charge >= 0.3 is 0 Å². The second kappa shape index (κ2) is 6.35. The summed E-state index contributed by atoms with van der Waals surface area (Å²) in [7, 11) is 1.87. The number of rotatable bonds is 3. The Morgan fingerprint density at radius 3 is 2.96 bits per heavy atom. The van der Waals surface area contributed by atoms with Crippen LogP contribution in [0.2, 0.25) is 0 Å². The van der Waals surface area contributed by atoms with E-state index in [-0.39, 0.29) is 23.8 Å².